The Kier molecular flexibility index (Phi) is 4.40. The van der Waals surface area contributed by atoms with Crippen molar-refractivity contribution < 1.29 is 18.3 Å². The Hall–Kier alpha value is -2.79. The van der Waals surface area contributed by atoms with Crippen molar-refractivity contribution in [2.45, 2.75) is 24.7 Å². The molecule has 1 saturated heterocycles. The number of alkyl halides is 3. The van der Waals surface area contributed by atoms with Gasteiger partial charge in [0.15, 0.2) is 11.8 Å². The van der Waals surface area contributed by atoms with Gasteiger partial charge in [0.1, 0.15) is 0 Å². The van der Waals surface area contributed by atoms with E-state index in [1.807, 2.05) is 0 Å². The minimum absolute atomic E-state index is 0.222. The zero-order valence-electron chi connectivity index (χ0n) is 14.0. The minimum atomic E-state index is -4.80. The lowest BCUT2D eigenvalue weighted by atomic mass is 10.2. The number of hydrogen-bond acceptors (Lipinski definition) is 7. The standard InChI is InChI=1S/C16H16F3N7O/c17-16(18,19)14(27)11-8-26-12(6-23-13(26)7-22-11)10-2-4-21-15(25-10)24-9-1-3-20-5-9/h2,4,6-9,14,20,27H,1,3,5H2,(H,21,24,25)/t9-,14+/m1/s1. The summed E-state index contributed by atoms with van der Waals surface area (Å²) in [5.74, 6) is 0.431. The highest BCUT2D eigenvalue weighted by Gasteiger charge is 2.40. The third-order valence-corrected chi connectivity index (χ3v) is 4.32. The van der Waals surface area contributed by atoms with Gasteiger partial charge < -0.3 is 15.7 Å². The highest BCUT2D eigenvalue weighted by atomic mass is 19.4. The number of nitrogens with one attached hydrogen (secondary N) is 2. The zero-order valence-corrected chi connectivity index (χ0v) is 14.0. The van der Waals surface area contributed by atoms with Crippen LogP contribution in [-0.2, 0) is 0 Å². The topological polar surface area (TPSA) is 100 Å². The third kappa shape index (κ3) is 3.55. The van der Waals surface area contributed by atoms with Crippen LogP contribution in [0.25, 0.3) is 17.0 Å². The summed E-state index contributed by atoms with van der Waals surface area (Å²) in [7, 11) is 0. The summed E-state index contributed by atoms with van der Waals surface area (Å²) < 4.78 is 39.8. The van der Waals surface area contributed by atoms with Gasteiger partial charge in [-0.3, -0.25) is 9.38 Å². The van der Waals surface area contributed by atoms with Crippen LogP contribution in [0.3, 0.4) is 0 Å². The van der Waals surface area contributed by atoms with E-state index in [9.17, 15) is 18.3 Å². The summed E-state index contributed by atoms with van der Waals surface area (Å²) in [5.41, 5.74) is 0.789. The minimum Gasteiger partial charge on any atom is -0.378 e. The van der Waals surface area contributed by atoms with Crippen molar-refractivity contribution >= 4 is 11.6 Å². The smallest absolute Gasteiger partial charge is 0.378 e. The molecule has 1 aliphatic rings. The number of nitrogens with zero attached hydrogens (tertiary/aromatic N) is 5. The van der Waals surface area contributed by atoms with E-state index in [0.29, 0.717) is 23.0 Å². The van der Waals surface area contributed by atoms with Crippen LogP contribution >= 0.6 is 0 Å². The van der Waals surface area contributed by atoms with Crippen LogP contribution < -0.4 is 10.6 Å². The summed E-state index contributed by atoms with van der Waals surface area (Å²) in [6.07, 6.45) is -1.17. The molecule has 0 bridgehead atoms. The van der Waals surface area contributed by atoms with E-state index in [1.165, 1.54) is 16.8 Å². The average Bonchev–Trinajstić information content (AvgIpc) is 3.29. The fourth-order valence-electron chi connectivity index (χ4n) is 2.93. The molecule has 0 amide bonds. The van der Waals surface area contributed by atoms with Gasteiger partial charge in [-0.15, -0.1) is 0 Å². The lowest BCUT2D eigenvalue weighted by Crippen LogP contribution is -2.23. The first-order valence-electron chi connectivity index (χ1n) is 8.30. The molecule has 3 aromatic rings. The van der Waals surface area contributed by atoms with Gasteiger partial charge in [-0.05, 0) is 19.0 Å². The van der Waals surface area contributed by atoms with Crippen LogP contribution in [-0.4, -0.2) is 54.8 Å². The fraction of sp³-hybridized carbons (Fsp3) is 0.375. The molecule has 4 rings (SSSR count). The highest BCUT2D eigenvalue weighted by Crippen LogP contribution is 2.32. The summed E-state index contributed by atoms with van der Waals surface area (Å²) >= 11 is 0. The molecular weight excluding hydrogens is 363 g/mol. The number of aromatic nitrogens is 5. The van der Waals surface area contributed by atoms with Crippen LogP contribution in [0.2, 0.25) is 0 Å². The van der Waals surface area contributed by atoms with Gasteiger partial charge in [0.2, 0.25) is 5.95 Å². The Morgan fingerprint density at radius 3 is 2.85 bits per heavy atom. The Morgan fingerprint density at radius 2 is 2.11 bits per heavy atom. The second kappa shape index (κ2) is 6.74. The van der Waals surface area contributed by atoms with E-state index < -0.39 is 18.0 Å². The Bertz CT molecular complexity index is 953. The van der Waals surface area contributed by atoms with Gasteiger partial charge in [0, 0.05) is 25.0 Å². The van der Waals surface area contributed by atoms with Crippen molar-refractivity contribution in [3.05, 3.63) is 36.5 Å². The maximum Gasteiger partial charge on any atom is 0.420 e. The van der Waals surface area contributed by atoms with Crippen molar-refractivity contribution in [1.29, 1.82) is 0 Å². The quantitative estimate of drug-likeness (QED) is 0.632. The first kappa shape index (κ1) is 17.6. The van der Waals surface area contributed by atoms with Crippen LogP contribution in [0, 0.1) is 0 Å². The van der Waals surface area contributed by atoms with Crippen molar-refractivity contribution in [2.75, 3.05) is 18.4 Å². The Balaban J connectivity index is 1.69. The summed E-state index contributed by atoms with van der Waals surface area (Å²) in [6, 6.07) is 1.86. The first-order valence-corrected chi connectivity index (χ1v) is 8.30. The number of hydrogen-bond donors (Lipinski definition) is 3. The molecule has 0 saturated carbocycles. The van der Waals surface area contributed by atoms with E-state index in [1.54, 1.807) is 12.3 Å². The molecule has 0 unspecified atom stereocenters. The molecule has 0 aliphatic carbocycles. The molecule has 0 aromatic carbocycles. The summed E-state index contributed by atoms with van der Waals surface area (Å²) in [6.45, 7) is 1.73. The number of rotatable bonds is 4. The van der Waals surface area contributed by atoms with E-state index in [4.69, 9.17) is 0 Å². The number of anilines is 1. The predicted molar refractivity (Wildman–Crippen MR) is 89.9 cm³/mol. The third-order valence-electron chi connectivity index (χ3n) is 4.32. The van der Waals surface area contributed by atoms with Gasteiger partial charge in [0.25, 0.3) is 0 Å². The van der Waals surface area contributed by atoms with Crippen LogP contribution in [0.4, 0.5) is 19.1 Å². The molecule has 11 heteroatoms. The number of aliphatic hydroxyl groups is 1. The maximum atomic E-state index is 12.8. The number of fused-ring (bicyclic) bond motifs is 1. The SMILES string of the molecule is O[C@@H](c1cn2c(-c3ccnc(N[C@@H]4CCNC4)n3)cnc2cn1)C(F)(F)F. The molecule has 1 aliphatic heterocycles. The number of halogens is 3. The normalized spacial score (nSPS) is 18.7. The molecule has 27 heavy (non-hydrogen) atoms. The monoisotopic (exact) mass is 379 g/mol. The lowest BCUT2D eigenvalue weighted by Gasteiger charge is -2.14. The van der Waals surface area contributed by atoms with Crippen molar-refractivity contribution in [3.8, 4) is 11.4 Å². The molecular formula is C16H16F3N7O. The van der Waals surface area contributed by atoms with Gasteiger partial charge in [-0.2, -0.15) is 13.2 Å². The molecule has 3 N–H and O–H groups in total. The van der Waals surface area contributed by atoms with Gasteiger partial charge >= 0.3 is 6.18 Å². The molecule has 0 spiro atoms. The van der Waals surface area contributed by atoms with Crippen molar-refractivity contribution in [1.82, 2.24) is 29.7 Å². The molecule has 8 nitrogen and oxygen atoms in total. The average molecular weight is 379 g/mol. The molecule has 1 fully saturated rings. The number of aliphatic hydroxyl groups excluding tert-OH is 1. The fourth-order valence-corrected chi connectivity index (χ4v) is 2.93. The second-order valence-corrected chi connectivity index (χ2v) is 6.23. The van der Waals surface area contributed by atoms with Crippen molar-refractivity contribution in [2.24, 2.45) is 0 Å². The highest BCUT2D eigenvalue weighted by molar-refractivity contribution is 5.60. The maximum absolute atomic E-state index is 12.8. The van der Waals surface area contributed by atoms with Crippen LogP contribution in [0.1, 0.15) is 18.2 Å². The van der Waals surface area contributed by atoms with Crippen molar-refractivity contribution in [3.63, 3.8) is 0 Å². The van der Waals surface area contributed by atoms with Gasteiger partial charge in [-0.25, -0.2) is 15.0 Å². The second-order valence-electron chi connectivity index (χ2n) is 6.23. The summed E-state index contributed by atoms with van der Waals surface area (Å²) in [5, 5.41) is 15.9. The molecule has 0 radical (unpaired) electrons. The van der Waals surface area contributed by atoms with Gasteiger partial charge in [0.05, 0.1) is 29.5 Å². The predicted octanol–water partition coefficient (Wildman–Crippen LogP) is 1.56. The van der Waals surface area contributed by atoms with E-state index in [2.05, 4.69) is 30.6 Å². The van der Waals surface area contributed by atoms with Crippen LogP contribution in [0.15, 0.2) is 30.9 Å². The van der Waals surface area contributed by atoms with Gasteiger partial charge in [-0.1, -0.05) is 0 Å². The lowest BCUT2D eigenvalue weighted by molar-refractivity contribution is -0.208. The van der Waals surface area contributed by atoms with E-state index in [-0.39, 0.29) is 6.04 Å². The first-order chi connectivity index (χ1) is 12.9. The number of imidazole rings is 1. The summed E-state index contributed by atoms with van der Waals surface area (Å²) in [4.78, 5) is 16.4. The Labute approximate surface area is 151 Å². The zero-order chi connectivity index (χ0) is 19.0. The molecule has 2 atom stereocenters. The Morgan fingerprint density at radius 1 is 1.26 bits per heavy atom. The van der Waals surface area contributed by atoms with E-state index in [0.717, 1.165) is 25.7 Å². The van der Waals surface area contributed by atoms with E-state index >= 15 is 0 Å². The largest absolute Gasteiger partial charge is 0.420 e. The molecule has 142 valence electrons. The van der Waals surface area contributed by atoms with Crippen LogP contribution in [0.5, 0.6) is 0 Å². The molecule has 3 aromatic heterocycles. The molecule has 4 heterocycles.